The van der Waals surface area contributed by atoms with Crippen LogP contribution in [-0.2, 0) is 4.74 Å². The van der Waals surface area contributed by atoms with Gasteiger partial charge in [0.05, 0.1) is 0 Å². The number of hydrogen-bond acceptors (Lipinski definition) is 4. The zero-order chi connectivity index (χ0) is 12.0. The van der Waals surface area contributed by atoms with E-state index in [1.807, 2.05) is 0 Å². The molecule has 0 fully saturated rings. The molecule has 0 aliphatic carbocycles. The van der Waals surface area contributed by atoms with Crippen molar-refractivity contribution in [3.8, 4) is 11.5 Å². The number of ether oxygens (including phenoxy) is 1. The highest BCUT2D eigenvalue weighted by Gasteiger charge is 2.07. The van der Waals surface area contributed by atoms with Crippen molar-refractivity contribution < 1.29 is 19.7 Å². The molecule has 88 valence electrons. The Bertz CT molecular complexity index is 345. The number of aromatic hydroxyl groups is 2. The molecule has 0 atom stereocenters. The number of hydrogen-bond donors (Lipinski definition) is 3. The highest BCUT2D eigenvalue weighted by molar-refractivity contribution is 5.94. The van der Waals surface area contributed by atoms with Crippen LogP contribution in [0, 0.1) is 0 Å². The van der Waals surface area contributed by atoms with Crippen LogP contribution in [-0.4, -0.2) is 36.4 Å². The molecule has 0 saturated carbocycles. The van der Waals surface area contributed by atoms with Crippen molar-refractivity contribution in [3.05, 3.63) is 23.8 Å². The molecule has 1 aromatic carbocycles. The van der Waals surface area contributed by atoms with Crippen LogP contribution < -0.4 is 5.32 Å². The fraction of sp³-hybridized carbons (Fsp3) is 0.364. The largest absolute Gasteiger partial charge is 0.508 e. The lowest BCUT2D eigenvalue weighted by molar-refractivity contribution is 0.0948. The van der Waals surface area contributed by atoms with Crippen LogP contribution in [0.2, 0.25) is 0 Å². The van der Waals surface area contributed by atoms with Gasteiger partial charge >= 0.3 is 0 Å². The van der Waals surface area contributed by atoms with Gasteiger partial charge in [-0.25, -0.2) is 0 Å². The number of carbonyl (C=O) groups is 1. The number of phenols is 2. The first-order valence-corrected chi connectivity index (χ1v) is 4.93. The first-order valence-electron chi connectivity index (χ1n) is 4.93. The standard InChI is InChI=1S/C11H15NO4/c1-16-4-2-3-12-11(15)8-5-9(13)7-10(14)6-8/h5-7,13-14H,2-4H2,1H3,(H,12,15). The fourth-order valence-corrected chi connectivity index (χ4v) is 1.25. The summed E-state index contributed by atoms with van der Waals surface area (Å²) in [6.07, 6.45) is 0.715. The average molecular weight is 225 g/mol. The van der Waals surface area contributed by atoms with Gasteiger partial charge in [-0.05, 0) is 18.6 Å². The first-order chi connectivity index (χ1) is 7.63. The van der Waals surface area contributed by atoms with Gasteiger partial charge in [-0.15, -0.1) is 0 Å². The van der Waals surface area contributed by atoms with Gasteiger partial charge in [0.25, 0.3) is 5.91 Å². The maximum atomic E-state index is 11.5. The molecule has 0 aromatic heterocycles. The van der Waals surface area contributed by atoms with Crippen LogP contribution in [0.5, 0.6) is 11.5 Å². The van der Waals surface area contributed by atoms with E-state index in [0.29, 0.717) is 19.6 Å². The van der Waals surface area contributed by atoms with Crippen molar-refractivity contribution in [2.45, 2.75) is 6.42 Å². The van der Waals surface area contributed by atoms with E-state index in [9.17, 15) is 15.0 Å². The lowest BCUT2D eigenvalue weighted by Crippen LogP contribution is -2.25. The Kier molecular flexibility index (Phi) is 4.60. The van der Waals surface area contributed by atoms with E-state index in [2.05, 4.69) is 5.32 Å². The minimum Gasteiger partial charge on any atom is -0.508 e. The van der Waals surface area contributed by atoms with E-state index in [4.69, 9.17) is 4.74 Å². The van der Waals surface area contributed by atoms with Crippen molar-refractivity contribution in [2.24, 2.45) is 0 Å². The Morgan fingerprint density at radius 1 is 1.31 bits per heavy atom. The van der Waals surface area contributed by atoms with Crippen LogP contribution >= 0.6 is 0 Å². The average Bonchev–Trinajstić information content (AvgIpc) is 2.22. The number of methoxy groups -OCH3 is 1. The molecule has 0 bridgehead atoms. The van der Waals surface area contributed by atoms with Crippen molar-refractivity contribution in [3.63, 3.8) is 0 Å². The molecule has 1 rings (SSSR count). The Hall–Kier alpha value is -1.75. The SMILES string of the molecule is COCCCNC(=O)c1cc(O)cc(O)c1. The molecule has 0 radical (unpaired) electrons. The molecule has 1 amide bonds. The first kappa shape index (κ1) is 12.3. The molecule has 16 heavy (non-hydrogen) atoms. The van der Waals surface area contributed by atoms with E-state index in [1.54, 1.807) is 7.11 Å². The van der Waals surface area contributed by atoms with Crippen LogP contribution in [0.25, 0.3) is 0 Å². The normalized spacial score (nSPS) is 10.1. The monoisotopic (exact) mass is 225 g/mol. The zero-order valence-electron chi connectivity index (χ0n) is 9.06. The second-order valence-electron chi connectivity index (χ2n) is 3.34. The summed E-state index contributed by atoms with van der Waals surface area (Å²) in [5.41, 5.74) is 0.231. The smallest absolute Gasteiger partial charge is 0.251 e. The molecule has 0 aliphatic heterocycles. The number of phenolic OH excluding ortho intramolecular Hbond substituents is 2. The highest BCUT2D eigenvalue weighted by atomic mass is 16.5. The van der Waals surface area contributed by atoms with E-state index in [1.165, 1.54) is 18.2 Å². The zero-order valence-corrected chi connectivity index (χ0v) is 9.06. The van der Waals surface area contributed by atoms with Gasteiger partial charge in [-0.2, -0.15) is 0 Å². The second kappa shape index (κ2) is 5.97. The summed E-state index contributed by atoms with van der Waals surface area (Å²) in [5.74, 6) is -0.605. The van der Waals surface area contributed by atoms with E-state index >= 15 is 0 Å². The Labute approximate surface area is 93.7 Å². The topological polar surface area (TPSA) is 78.8 Å². The van der Waals surface area contributed by atoms with Gasteiger partial charge < -0.3 is 20.3 Å². The number of benzene rings is 1. The molecule has 3 N–H and O–H groups in total. The van der Waals surface area contributed by atoms with Crippen LogP contribution in [0.3, 0.4) is 0 Å². The summed E-state index contributed by atoms with van der Waals surface area (Å²) in [5, 5.41) is 21.0. The number of carbonyl (C=O) groups excluding carboxylic acids is 1. The molecular weight excluding hydrogens is 210 g/mol. The van der Waals surface area contributed by atoms with Crippen LogP contribution in [0.4, 0.5) is 0 Å². The van der Waals surface area contributed by atoms with Crippen molar-refractivity contribution in [2.75, 3.05) is 20.3 Å². The van der Waals surface area contributed by atoms with Gasteiger partial charge in [0.2, 0.25) is 0 Å². The summed E-state index contributed by atoms with van der Waals surface area (Å²) < 4.78 is 4.84. The Balaban J connectivity index is 2.52. The minimum absolute atomic E-state index is 0.137. The van der Waals surface area contributed by atoms with Crippen molar-refractivity contribution >= 4 is 5.91 Å². The predicted molar refractivity (Wildman–Crippen MR) is 58.6 cm³/mol. The van der Waals surface area contributed by atoms with E-state index in [0.717, 1.165) is 0 Å². The van der Waals surface area contributed by atoms with Gasteiger partial charge in [0.15, 0.2) is 0 Å². The maximum absolute atomic E-state index is 11.5. The molecule has 1 aromatic rings. The summed E-state index contributed by atoms with van der Waals surface area (Å²) in [6, 6.07) is 3.76. The van der Waals surface area contributed by atoms with Crippen LogP contribution in [0.15, 0.2) is 18.2 Å². The van der Waals surface area contributed by atoms with E-state index < -0.39 is 0 Å². The quantitative estimate of drug-likeness (QED) is 0.649. The predicted octanol–water partition coefficient (Wildman–Crippen LogP) is 0.864. The third kappa shape index (κ3) is 3.78. The molecular formula is C11H15NO4. The summed E-state index contributed by atoms with van der Waals surface area (Å²) in [4.78, 5) is 11.5. The Morgan fingerprint density at radius 3 is 2.50 bits per heavy atom. The van der Waals surface area contributed by atoms with Crippen molar-refractivity contribution in [1.82, 2.24) is 5.32 Å². The molecule has 0 unspecified atom stereocenters. The lowest BCUT2D eigenvalue weighted by atomic mass is 10.2. The molecule has 0 spiro atoms. The minimum atomic E-state index is -0.331. The second-order valence-corrected chi connectivity index (χ2v) is 3.34. The number of amides is 1. The third-order valence-electron chi connectivity index (χ3n) is 1.98. The van der Waals surface area contributed by atoms with Crippen molar-refractivity contribution in [1.29, 1.82) is 0 Å². The molecule has 5 nitrogen and oxygen atoms in total. The van der Waals surface area contributed by atoms with Gasteiger partial charge in [-0.1, -0.05) is 0 Å². The number of rotatable bonds is 5. The van der Waals surface area contributed by atoms with Gasteiger partial charge in [0.1, 0.15) is 11.5 Å². The molecule has 0 aliphatic rings. The Morgan fingerprint density at radius 2 is 1.94 bits per heavy atom. The summed E-state index contributed by atoms with van der Waals surface area (Å²) in [7, 11) is 1.59. The third-order valence-corrected chi connectivity index (χ3v) is 1.98. The fourth-order valence-electron chi connectivity index (χ4n) is 1.25. The lowest BCUT2D eigenvalue weighted by Gasteiger charge is -2.05. The molecule has 5 heteroatoms. The maximum Gasteiger partial charge on any atom is 0.251 e. The number of nitrogens with one attached hydrogen (secondary N) is 1. The van der Waals surface area contributed by atoms with E-state index in [-0.39, 0.29) is 23.0 Å². The van der Waals surface area contributed by atoms with Gasteiger partial charge in [-0.3, -0.25) is 4.79 Å². The molecule has 0 heterocycles. The summed E-state index contributed by atoms with van der Waals surface area (Å²) in [6.45, 7) is 1.06. The highest BCUT2D eigenvalue weighted by Crippen LogP contribution is 2.20. The molecule has 0 saturated heterocycles. The van der Waals surface area contributed by atoms with Crippen LogP contribution in [0.1, 0.15) is 16.8 Å². The summed E-state index contributed by atoms with van der Waals surface area (Å²) >= 11 is 0. The van der Waals surface area contributed by atoms with Gasteiger partial charge in [0, 0.05) is 31.9 Å².